The Hall–Kier alpha value is -1.56. The van der Waals surface area contributed by atoms with Gasteiger partial charge in [0.15, 0.2) is 0 Å². The van der Waals surface area contributed by atoms with Crippen LogP contribution in [0.4, 0.5) is 0 Å². The number of hydrogen-bond acceptors (Lipinski definition) is 3. The van der Waals surface area contributed by atoms with Crippen molar-refractivity contribution in [1.82, 2.24) is 4.98 Å². The lowest BCUT2D eigenvalue weighted by Crippen LogP contribution is -2.01. The monoisotopic (exact) mass is 188 g/mol. The second kappa shape index (κ2) is 3.67. The maximum atomic E-state index is 8.88. The van der Waals surface area contributed by atoms with Crippen LogP contribution in [0.1, 0.15) is 30.9 Å². The van der Waals surface area contributed by atoms with E-state index in [1.165, 1.54) is 0 Å². The van der Waals surface area contributed by atoms with Gasteiger partial charge >= 0.3 is 0 Å². The quantitative estimate of drug-likeness (QED) is 0.729. The van der Waals surface area contributed by atoms with E-state index in [1.807, 2.05) is 6.92 Å². The second-order valence-electron chi connectivity index (χ2n) is 3.45. The Morgan fingerprint density at radius 1 is 1.57 bits per heavy atom. The second-order valence-corrected chi connectivity index (χ2v) is 3.45. The number of ether oxygens (including phenoxy) is 1. The van der Waals surface area contributed by atoms with Gasteiger partial charge in [0.25, 0.3) is 0 Å². The molecule has 1 aromatic heterocycles. The lowest BCUT2D eigenvalue weighted by atomic mass is 10.1. The molecule has 0 aliphatic heterocycles. The molecule has 1 aliphatic rings. The normalized spacial score (nSPS) is 14.9. The first kappa shape index (κ1) is 9.01. The third-order valence-corrected chi connectivity index (χ3v) is 2.31. The van der Waals surface area contributed by atoms with Gasteiger partial charge in [0, 0.05) is 11.8 Å². The van der Waals surface area contributed by atoms with Crippen molar-refractivity contribution in [3.63, 3.8) is 0 Å². The molecule has 0 radical (unpaired) electrons. The van der Waals surface area contributed by atoms with E-state index in [9.17, 15) is 0 Å². The van der Waals surface area contributed by atoms with Crippen molar-refractivity contribution in [3.05, 3.63) is 23.5 Å². The zero-order chi connectivity index (χ0) is 9.97. The predicted octanol–water partition coefficient (Wildman–Crippen LogP) is 2.06. The van der Waals surface area contributed by atoms with Crippen LogP contribution in [0.25, 0.3) is 0 Å². The first-order chi connectivity index (χ1) is 6.85. The van der Waals surface area contributed by atoms with Crippen LogP contribution >= 0.6 is 0 Å². The maximum Gasteiger partial charge on any atom is 0.142 e. The molecule has 0 amide bonds. The molecule has 0 aromatic carbocycles. The molecule has 14 heavy (non-hydrogen) atoms. The number of rotatable bonds is 3. The molecular weight excluding hydrogens is 176 g/mol. The maximum absolute atomic E-state index is 8.88. The molecule has 1 aromatic rings. The van der Waals surface area contributed by atoms with Gasteiger partial charge in [0.05, 0.1) is 17.9 Å². The molecule has 0 spiro atoms. The van der Waals surface area contributed by atoms with E-state index < -0.39 is 0 Å². The summed E-state index contributed by atoms with van der Waals surface area (Å²) in [5, 5.41) is 8.88. The number of nitrogens with zero attached hydrogens (tertiary/aromatic N) is 2. The van der Waals surface area contributed by atoms with E-state index in [2.05, 4.69) is 11.1 Å². The van der Waals surface area contributed by atoms with Gasteiger partial charge in [-0.25, -0.2) is 0 Å². The molecule has 1 fully saturated rings. The average molecular weight is 188 g/mol. The fraction of sp³-hybridized carbons (Fsp3) is 0.455. The molecule has 2 rings (SSSR count). The van der Waals surface area contributed by atoms with Crippen LogP contribution in [0.2, 0.25) is 0 Å². The lowest BCUT2D eigenvalue weighted by Gasteiger charge is -2.09. The van der Waals surface area contributed by atoms with Gasteiger partial charge in [-0.05, 0) is 19.3 Å². The number of aromatic nitrogens is 1. The minimum atomic E-state index is 0.357. The Morgan fingerprint density at radius 3 is 2.93 bits per heavy atom. The highest BCUT2D eigenvalue weighted by atomic mass is 16.5. The molecule has 0 saturated heterocycles. The van der Waals surface area contributed by atoms with Crippen LogP contribution in [-0.2, 0) is 6.42 Å². The topological polar surface area (TPSA) is 45.9 Å². The smallest absolute Gasteiger partial charge is 0.142 e. The van der Waals surface area contributed by atoms with Gasteiger partial charge in [0.2, 0.25) is 0 Å². The van der Waals surface area contributed by atoms with Crippen LogP contribution in [-0.4, -0.2) is 11.1 Å². The van der Waals surface area contributed by atoms with E-state index >= 15 is 0 Å². The van der Waals surface area contributed by atoms with Crippen molar-refractivity contribution in [2.24, 2.45) is 0 Å². The lowest BCUT2D eigenvalue weighted by molar-refractivity contribution is 0.299. The van der Waals surface area contributed by atoms with E-state index in [4.69, 9.17) is 10.00 Å². The van der Waals surface area contributed by atoms with E-state index in [0.717, 1.165) is 30.6 Å². The number of nitriles is 1. The van der Waals surface area contributed by atoms with Gasteiger partial charge in [-0.2, -0.15) is 5.26 Å². The largest absolute Gasteiger partial charge is 0.488 e. The average Bonchev–Trinajstić information content (AvgIpc) is 3.01. The van der Waals surface area contributed by atoms with Crippen LogP contribution in [0, 0.1) is 11.3 Å². The van der Waals surface area contributed by atoms with Crippen LogP contribution in [0.5, 0.6) is 5.75 Å². The summed E-state index contributed by atoms with van der Waals surface area (Å²) in [6.07, 6.45) is 6.72. The standard InChI is InChI=1S/C11H12N2O/c1-2-10-8(5-12)6-13-7-11(10)14-9-3-4-9/h6-7,9H,2-4H2,1H3. The molecule has 0 N–H and O–H groups in total. The van der Waals surface area contributed by atoms with Crippen molar-refractivity contribution < 1.29 is 4.74 Å². The first-order valence-electron chi connectivity index (χ1n) is 4.88. The molecule has 0 bridgehead atoms. The van der Waals surface area contributed by atoms with E-state index in [1.54, 1.807) is 12.4 Å². The molecule has 3 heteroatoms. The molecule has 0 atom stereocenters. The summed E-state index contributed by atoms with van der Waals surface area (Å²) in [7, 11) is 0. The molecule has 1 aliphatic carbocycles. The molecular formula is C11H12N2O. The summed E-state index contributed by atoms with van der Waals surface area (Å²) in [5.74, 6) is 0.786. The summed E-state index contributed by atoms with van der Waals surface area (Å²) in [6, 6.07) is 2.14. The zero-order valence-corrected chi connectivity index (χ0v) is 8.16. The highest BCUT2D eigenvalue weighted by Crippen LogP contribution is 2.29. The summed E-state index contributed by atoms with van der Waals surface area (Å²) < 4.78 is 5.68. The van der Waals surface area contributed by atoms with Crippen molar-refractivity contribution in [2.45, 2.75) is 32.3 Å². The Labute approximate surface area is 83.3 Å². The van der Waals surface area contributed by atoms with Crippen molar-refractivity contribution >= 4 is 0 Å². The minimum absolute atomic E-state index is 0.357. The van der Waals surface area contributed by atoms with Crippen LogP contribution in [0.3, 0.4) is 0 Å². The molecule has 72 valence electrons. The molecule has 3 nitrogen and oxygen atoms in total. The predicted molar refractivity (Wildman–Crippen MR) is 52.0 cm³/mol. The third kappa shape index (κ3) is 1.69. The highest BCUT2D eigenvalue weighted by molar-refractivity contribution is 5.44. The Bertz CT molecular complexity index is 377. The Balaban J connectivity index is 2.32. The SMILES string of the molecule is CCc1c(C#N)cncc1OC1CC1. The van der Waals surface area contributed by atoms with E-state index in [-0.39, 0.29) is 0 Å². The fourth-order valence-corrected chi connectivity index (χ4v) is 1.40. The van der Waals surface area contributed by atoms with E-state index in [0.29, 0.717) is 11.7 Å². The van der Waals surface area contributed by atoms with Crippen molar-refractivity contribution in [3.8, 4) is 11.8 Å². The first-order valence-corrected chi connectivity index (χ1v) is 4.88. The molecule has 1 heterocycles. The fourth-order valence-electron chi connectivity index (χ4n) is 1.40. The number of pyridine rings is 1. The van der Waals surface area contributed by atoms with Crippen molar-refractivity contribution in [1.29, 1.82) is 5.26 Å². The minimum Gasteiger partial charge on any atom is -0.488 e. The van der Waals surface area contributed by atoms with Gasteiger partial charge in [-0.1, -0.05) is 6.92 Å². The highest BCUT2D eigenvalue weighted by Gasteiger charge is 2.25. The summed E-state index contributed by atoms with van der Waals surface area (Å²) >= 11 is 0. The number of hydrogen-bond donors (Lipinski definition) is 0. The molecule has 1 saturated carbocycles. The third-order valence-electron chi connectivity index (χ3n) is 2.31. The van der Waals surface area contributed by atoms with Crippen molar-refractivity contribution in [2.75, 3.05) is 0 Å². The Morgan fingerprint density at radius 2 is 2.36 bits per heavy atom. The molecule has 0 unspecified atom stereocenters. The van der Waals surface area contributed by atoms with Crippen LogP contribution < -0.4 is 4.74 Å². The van der Waals surface area contributed by atoms with Gasteiger partial charge < -0.3 is 4.74 Å². The summed E-state index contributed by atoms with van der Waals surface area (Å²) in [5.41, 5.74) is 1.61. The van der Waals surface area contributed by atoms with Gasteiger partial charge in [0.1, 0.15) is 11.8 Å². The summed E-state index contributed by atoms with van der Waals surface area (Å²) in [4.78, 5) is 4.00. The van der Waals surface area contributed by atoms with Gasteiger partial charge in [-0.3, -0.25) is 4.98 Å². The van der Waals surface area contributed by atoms with Gasteiger partial charge in [-0.15, -0.1) is 0 Å². The Kier molecular flexibility index (Phi) is 2.36. The zero-order valence-electron chi connectivity index (χ0n) is 8.16. The summed E-state index contributed by atoms with van der Waals surface area (Å²) in [6.45, 7) is 2.02. The van der Waals surface area contributed by atoms with Crippen LogP contribution in [0.15, 0.2) is 12.4 Å².